The van der Waals surface area contributed by atoms with E-state index in [0.29, 0.717) is 5.56 Å². The van der Waals surface area contributed by atoms with Gasteiger partial charge >= 0.3 is 5.97 Å². The summed E-state index contributed by atoms with van der Waals surface area (Å²) >= 11 is 0. The van der Waals surface area contributed by atoms with Crippen molar-refractivity contribution in [2.24, 2.45) is 0 Å². The number of ether oxygens (including phenoxy) is 1. The van der Waals surface area contributed by atoms with Crippen LogP contribution in [0.3, 0.4) is 0 Å². The minimum atomic E-state index is -0.773. The van der Waals surface area contributed by atoms with Crippen molar-refractivity contribution in [1.82, 2.24) is 5.32 Å². The van der Waals surface area contributed by atoms with E-state index in [2.05, 4.69) is 5.32 Å². The number of carbonyl (C=O) groups is 2. The molecule has 0 aliphatic rings. The standard InChI is InChI=1S/C22H27NO3/c1-15-11-13-17(14-12-15)16(2)19(21(25)26-22(3,4)5)23-20(24)18-9-7-6-8-10-18/h6-14,16,19H,1-5H3,(H,23,24)/t16-,19-/m0/s1. The van der Waals surface area contributed by atoms with Gasteiger partial charge in [-0.25, -0.2) is 4.79 Å². The molecule has 4 nitrogen and oxygen atoms in total. The summed E-state index contributed by atoms with van der Waals surface area (Å²) < 4.78 is 5.55. The zero-order valence-electron chi connectivity index (χ0n) is 16.1. The molecule has 0 spiro atoms. The van der Waals surface area contributed by atoms with E-state index >= 15 is 0 Å². The average Bonchev–Trinajstić information content (AvgIpc) is 2.58. The smallest absolute Gasteiger partial charge is 0.329 e. The van der Waals surface area contributed by atoms with E-state index in [1.54, 1.807) is 24.3 Å². The molecule has 1 N–H and O–H groups in total. The number of hydrogen-bond acceptors (Lipinski definition) is 3. The van der Waals surface area contributed by atoms with Gasteiger partial charge in [-0.3, -0.25) is 4.79 Å². The highest BCUT2D eigenvalue weighted by atomic mass is 16.6. The zero-order chi connectivity index (χ0) is 19.3. The van der Waals surface area contributed by atoms with Crippen LogP contribution < -0.4 is 5.32 Å². The van der Waals surface area contributed by atoms with Gasteiger partial charge in [-0.15, -0.1) is 0 Å². The quantitative estimate of drug-likeness (QED) is 0.818. The average molecular weight is 353 g/mol. The summed E-state index contributed by atoms with van der Waals surface area (Å²) in [5, 5.41) is 2.86. The first-order chi connectivity index (χ1) is 12.2. The largest absolute Gasteiger partial charge is 0.458 e. The molecule has 0 heterocycles. The number of amides is 1. The molecule has 2 rings (SSSR count). The van der Waals surface area contributed by atoms with E-state index < -0.39 is 17.6 Å². The lowest BCUT2D eigenvalue weighted by atomic mass is 9.92. The van der Waals surface area contributed by atoms with Gasteiger partial charge in [-0.1, -0.05) is 55.0 Å². The van der Waals surface area contributed by atoms with Crippen molar-refractivity contribution >= 4 is 11.9 Å². The molecule has 1 amide bonds. The molecule has 0 unspecified atom stereocenters. The van der Waals surface area contributed by atoms with Crippen LogP contribution in [0.4, 0.5) is 0 Å². The first kappa shape index (κ1) is 19.7. The molecule has 0 aliphatic carbocycles. The molecule has 26 heavy (non-hydrogen) atoms. The van der Waals surface area contributed by atoms with Crippen LogP contribution in [0.2, 0.25) is 0 Å². The Hall–Kier alpha value is -2.62. The molecule has 2 atom stereocenters. The third-order valence-electron chi connectivity index (χ3n) is 4.09. The fraction of sp³-hybridized carbons (Fsp3) is 0.364. The summed E-state index contributed by atoms with van der Waals surface area (Å²) in [4.78, 5) is 25.4. The zero-order valence-corrected chi connectivity index (χ0v) is 16.1. The Morgan fingerprint density at radius 2 is 1.54 bits per heavy atom. The Kier molecular flexibility index (Phi) is 6.19. The van der Waals surface area contributed by atoms with Crippen LogP contribution in [-0.2, 0) is 9.53 Å². The number of esters is 1. The van der Waals surface area contributed by atoms with E-state index in [9.17, 15) is 9.59 Å². The second-order valence-corrected chi connectivity index (χ2v) is 7.55. The molecule has 0 aromatic heterocycles. The molecule has 138 valence electrons. The molecular formula is C22H27NO3. The van der Waals surface area contributed by atoms with Crippen molar-refractivity contribution in [2.75, 3.05) is 0 Å². The second kappa shape index (κ2) is 8.17. The van der Waals surface area contributed by atoms with Gasteiger partial charge in [-0.2, -0.15) is 0 Å². The summed E-state index contributed by atoms with van der Waals surface area (Å²) in [7, 11) is 0. The highest BCUT2D eigenvalue weighted by molar-refractivity contribution is 5.97. The number of aryl methyl sites for hydroxylation is 1. The van der Waals surface area contributed by atoms with E-state index in [4.69, 9.17) is 4.74 Å². The number of rotatable bonds is 5. The van der Waals surface area contributed by atoms with Crippen LogP contribution in [0.15, 0.2) is 54.6 Å². The van der Waals surface area contributed by atoms with Crippen molar-refractivity contribution in [3.8, 4) is 0 Å². The maximum absolute atomic E-state index is 12.8. The molecule has 0 bridgehead atoms. The second-order valence-electron chi connectivity index (χ2n) is 7.55. The number of benzene rings is 2. The fourth-order valence-corrected chi connectivity index (χ4v) is 2.63. The van der Waals surface area contributed by atoms with E-state index in [-0.39, 0.29) is 11.8 Å². The topological polar surface area (TPSA) is 55.4 Å². The third kappa shape index (κ3) is 5.45. The van der Waals surface area contributed by atoms with Crippen molar-refractivity contribution in [1.29, 1.82) is 0 Å². The van der Waals surface area contributed by atoms with Crippen LogP contribution in [0.5, 0.6) is 0 Å². The lowest BCUT2D eigenvalue weighted by Gasteiger charge is -2.28. The van der Waals surface area contributed by atoms with Gasteiger partial charge in [0.1, 0.15) is 11.6 Å². The van der Waals surface area contributed by atoms with Crippen LogP contribution in [0.1, 0.15) is 55.1 Å². The van der Waals surface area contributed by atoms with Crippen LogP contribution in [0.25, 0.3) is 0 Å². The summed E-state index contributed by atoms with van der Waals surface area (Å²) in [6.07, 6.45) is 0. The highest BCUT2D eigenvalue weighted by Crippen LogP contribution is 2.23. The van der Waals surface area contributed by atoms with Crippen LogP contribution in [0, 0.1) is 6.92 Å². The molecule has 2 aromatic rings. The van der Waals surface area contributed by atoms with Crippen molar-refractivity contribution in [3.63, 3.8) is 0 Å². The first-order valence-electron chi connectivity index (χ1n) is 8.83. The van der Waals surface area contributed by atoms with E-state index in [1.165, 1.54) is 0 Å². The van der Waals surface area contributed by atoms with Gasteiger partial charge in [-0.05, 0) is 45.4 Å². The molecule has 2 aromatic carbocycles. The fourth-order valence-electron chi connectivity index (χ4n) is 2.63. The van der Waals surface area contributed by atoms with Gasteiger partial charge in [0.15, 0.2) is 0 Å². The molecule has 0 saturated heterocycles. The molecule has 0 fully saturated rings. The minimum absolute atomic E-state index is 0.224. The highest BCUT2D eigenvalue weighted by Gasteiger charge is 2.32. The van der Waals surface area contributed by atoms with Crippen molar-refractivity contribution < 1.29 is 14.3 Å². The van der Waals surface area contributed by atoms with Gasteiger partial charge in [0.25, 0.3) is 5.91 Å². The lowest BCUT2D eigenvalue weighted by molar-refractivity contribution is -0.157. The Labute approximate surface area is 155 Å². The van der Waals surface area contributed by atoms with Gasteiger partial charge in [0, 0.05) is 11.5 Å². The molecular weight excluding hydrogens is 326 g/mol. The molecule has 4 heteroatoms. The van der Waals surface area contributed by atoms with Crippen molar-refractivity contribution in [3.05, 3.63) is 71.3 Å². The summed E-state index contributed by atoms with van der Waals surface area (Å²) in [6, 6.07) is 16.0. The van der Waals surface area contributed by atoms with Crippen LogP contribution >= 0.6 is 0 Å². The van der Waals surface area contributed by atoms with Crippen LogP contribution in [-0.4, -0.2) is 23.5 Å². The molecule has 0 saturated carbocycles. The SMILES string of the molecule is Cc1ccc([C@H](C)[C@H](NC(=O)c2ccccc2)C(=O)OC(C)(C)C)cc1. The lowest BCUT2D eigenvalue weighted by Crippen LogP contribution is -2.47. The Balaban J connectivity index is 2.27. The number of carbonyl (C=O) groups excluding carboxylic acids is 2. The van der Waals surface area contributed by atoms with Gasteiger partial charge in [0.05, 0.1) is 0 Å². The molecule has 0 radical (unpaired) electrons. The monoisotopic (exact) mass is 353 g/mol. The predicted molar refractivity (Wildman–Crippen MR) is 103 cm³/mol. The minimum Gasteiger partial charge on any atom is -0.458 e. The maximum Gasteiger partial charge on any atom is 0.329 e. The Morgan fingerprint density at radius 3 is 2.08 bits per heavy atom. The Morgan fingerprint density at radius 1 is 0.962 bits per heavy atom. The van der Waals surface area contributed by atoms with E-state index in [1.807, 2.05) is 65.0 Å². The summed E-state index contributed by atoms with van der Waals surface area (Å²) in [5.74, 6) is -0.951. The number of hydrogen-bond donors (Lipinski definition) is 1. The summed E-state index contributed by atoms with van der Waals surface area (Å²) in [6.45, 7) is 9.38. The van der Waals surface area contributed by atoms with Gasteiger partial charge in [0.2, 0.25) is 0 Å². The van der Waals surface area contributed by atoms with E-state index in [0.717, 1.165) is 11.1 Å². The first-order valence-corrected chi connectivity index (χ1v) is 8.83. The molecule has 0 aliphatic heterocycles. The number of nitrogens with one attached hydrogen (secondary N) is 1. The maximum atomic E-state index is 12.8. The van der Waals surface area contributed by atoms with Gasteiger partial charge < -0.3 is 10.1 Å². The summed E-state index contributed by atoms with van der Waals surface area (Å²) in [5.41, 5.74) is 2.00. The normalized spacial score (nSPS) is 13.6. The Bertz CT molecular complexity index is 745. The predicted octanol–water partition coefficient (Wildman–Crippen LogP) is 4.24. The van der Waals surface area contributed by atoms with Crippen molar-refractivity contribution in [2.45, 2.75) is 52.2 Å². The third-order valence-corrected chi connectivity index (χ3v) is 4.09.